The molecule has 2 aliphatic rings. The van der Waals surface area contributed by atoms with Gasteiger partial charge in [0.05, 0.1) is 25.0 Å². The molecule has 10 heteroatoms. The molecular formula is C23H35FN8O. The SMILES string of the molecule is CCC(C1CCCN1)N(c1cnc(OC)c(F)c1)c1nc(N)nc(NC2CCCCCC2)n1. The Bertz CT molecular complexity index is 915. The first-order valence-corrected chi connectivity index (χ1v) is 12.1. The molecule has 1 saturated carbocycles. The third-order valence-electron chi connectivity index (χ3n) is 6.62. The van der Waals surface area contributed by atoms with Gasteiger partial charge in [-0.3, -0.25) is 0 Å². The van der Waals surface area contributed by atoms with E-state index in [0.717, 1.165) is 38.6 Å². The highest BCUT2D eigenvalue weighted by atomic mass is 19.1. The molecule has 3 heterocycles. The van der Waals surface area contributed by atoms with Crippen LogP contribution in [-0.4, -0.2) is 51.7 Å². The van der Waals surface area contributed by atoms with Gasteiger partial charge in [-0.05, 0) is 38.6 Å². The van der Waals surface area contributed by atoms with E-state index in [2.05, 4.69) is 32.5 Å². The van der Waals surface area contributed by atoms with E-state index in [9.17, 15) is 4.39 Å². The number of nitrogens with zero attached hydrogens (tertiary/aromatic N) is 5. The van der Waals surface area contributed by atoms with E-state index in [1.807, 2.05) is 4.90 Å². The van der Waals surface area contributed by atoms with E-state index in [-0.39, 0.29) is 23.9 Å². The van der Waals surface area contributed by atoms with Gasteiger partial charge < -0.3 is 26.0 Å². The molecular weight excluding hydrogens is 423 g/mol. The minimum Gasteiger partial charge on any atom is -0.479 e. The quantitative estimate of drug-likeness (QED) is 0.508. The zero-order valence-corrected chi connectivity index (χ0v) is 19.6. The van der Waals surface area contributed by atoms with Gasteiger partial charge in [-0.1, -0.05) is 32.6 Å². The van der Waals surface area contributed by atoms with Crippen LogP contribution in [0.2, 0.25) is 0 Å². The Balaban J connectivity index is 1.71. The Hall–Kier alpha value is -2.75. The van der Waals surface area contributed by atoms with Crippen molar-refractivity contribution in [2.75, 3.05) is 29.6 Å². The van der Waals surface area contributed by atoms with Crippen molar-refractivity contribution < 1.29 is 9.13 Å². The second-order valence-electron chi connectivity index (χ2n) is 8.88. The summed E-state index contributed by atoms with van der Waals surface area (Å²) in [6, 6.07) is 1.95. The van der Waals surface area contributed by atoms with Crippen LogP contribution in [0.15, 0.2) is 12.3 Å². The van der Waals surface area contributed by atoms with Crippen molar-refractivity contribution in [3.63, 3.8) is 0 Å². The van der Waals surface area contributed by atoms with Crippen LogP contribution in [0.1, 0.15) is 64.7 Å². The van der Waals surface area contributed by atoms with E-state index in [4.69, 9.17) is 15.5 Å². The Kier molecular flexibility index (Phi) is 7.74. The van der Waals surface area contributed by atoms with E-state index in [1.165, 1.54) is 38.9 Å². The Morgan fingerprint density at radius 1 is 1.18 bits per heavy atom. The van der Waals surface area contributed by atoms with Gasteiger partial charge in [0.25, 0.3) is 0 Å². The highest BCUT2D eigenvalue weighted by molar-refractivity contribution is 5.60. The number of anilines is 4. The van der Waals surface area contributed by atoms with Gasteiger partial charge in [-0.2, -0.15) is 15.0 Å². The van der Waals surface area contributed by atoms with Crippen LogP contribution in [-0.2, 0) is 0 Å². The lowest BCUT2D eigenvalue weighted by molar-refractivity contribution is 0.369. The minimum absolute atomic E-state index is 0.00498. The standard InChI is InChI=1S/C23H35FN8O/c1-3-19(18-11-8-12-26-18)32(16-13-17(24)20(33-2)27-14-16)23-30-21(25)29-22(31-23)28-15-9-6-4-5-7-10-15/h13-15,18-19,26H,3-12H2,1-2H3,(H3,25,28,29,30,31). The molecule has 33 heavy (non-hydrogen) atoms. The maximum atomic E-state index is 14.7. The van der Waals surface area contributed by atoms with E-state index < -0.39 is 5.82 Å². The van der Waals surface area contributed by atoms with Crippen molar-refractivity contribution >= 4 is 23.5 Å². The highest BCUT2D eigenvalue weighted by Crippen LogP contribution is 2.32. The lowest BCUT2D eigenvalue weighted by Gasteiger charge is -2.35. The molecule has 4 rings (SSSR count). The van der Waals surface area contributed by atoms with Crippen LogP contribution in [0.5, 0.6) is 5.88 Å². The normalized spacial score (nSPS) is 20.3. The van der Waals surface area contributed by atoms with Crippen molar-refractivity contribution in [2.24, 2.45) is 0 Å². The molecule has 0 aromatic carbocycles. The first kappa shape index (κ1) is 23.4. The number of nitrogens with one attached hydrogen (secondary N) is 2. The predicted octanol–water partition coefficient (Wildman–Crippen LogP) is 3.80. The largest absolute Gasteiger partial charge is 0.479 e. The smallest absolute Gasteiger partial charge is 0.250 e. The van der Waals surface area contributed by atoms with Crippen molar-refractivity contribution in [2.45, 2.75) is 82.8 Å². The summed E-state index contributed by atoms with van der Waals surface area (Å²) in [5.41, 5.74) is 6.68. The van der Waals surface area contributed by atoms with Gasteiger partial charge in [-0.25, -0.2) is 9.37 Å². The topological polar surface area (TPSA) is 114 Å². The summed E-state index contributed by atoms with van der Waals surface area (Å²) in [5.74, 6) is 0.415. The Morgan fingerprint density at radius 2 is 1.97 bits per heavy atom. The molecule has 0 radical (unpaired) electrons. The van der Waals surface area contributed by atoms with Crippen LogP contribution in [0.3, 0.4) is 0 Å². The van der Waals surface area contributed by atoms with Crippen LogP contribution in [0.25, 0.3) is 0 Å². The monoisotopic (exact) mass is 458 g/mol. The Labute approximate surface area is 194 Å². The molecule has 1 aliphatic heterocycles. The fraction of sp³-hybridized carbons (Fsp3) is 0.652. The summed E-state index contributed by atoms with van der Waals surface area (Å²) in [6.07, 6.45) is 11.6. The molecule has 2 aromatic heterocycles. The Morgan fingerprint density at radius 3 is 2.61 bits per heavy atom. The van der Waals surface area contributed by atoms with Crippen LogP contribution < -0.4 is 26.0 Å². The van der Waals surface area contributed by atoms with Crippen LogP contribution >= 0.6 is 0 Å². The predicted molar refractivity (Wildman–Crippen MR) is 127 cm³/mol. The van der Waals surface area contributed by atoms with Crippen LogP contribution in [0, 0.1) is 5.82 Å². The molecule has 4 N–H and O–H groups in total. The number of hydrogen-bond acceptors (Lipinski definition) is 9. The second kappa shape index (κ2) is 10.9. The summed E-state index contributed by atoms with van der Waals surface area (Å²) in [7, 11) is 1.40. The number of aromatic nitrogens is 4. The first-order chi connectivity index (χ1) is 16.1. The third-order valence-corrected chi connectivity index (χ3v) is 6.62. The summed E-state index contributed by atoms with van der Waals surface area (Å²) in [4.78, 5) is 19.7. The average Bonchev–Trinajstić information content (AvgIpc) is 3.21. The molecule has 1 saturated heterocycles. The van der Waals surface area contributed by atoms with E-state index in [1.54, 1.807) is 6.20 Å². The van der Waals surface area contributed by atoms with Gasteiger partial charge in [0.15, 0.2) is 5.82 Å². The highest BCUT2D eigenvalue weighted by Gasteiger charge is 2.32. The molecule has 9 nitrogen and oxygen atoms in total. The van der Waals surface area contributed by atoms with Gasteiger partial charge in [0, 0.05) is 18.2 Å². The van der Waals surface area contributed by atoms with E-state index >= 15 is 0 Å². The van der Waals surface area contributed by atoms with Gasteiger partial charge in [-0.15, -0.1) is 0 Å². The maximum Gasteiger partial charge on any atom is 0.250 e. The van der Waals surface area contributed by atoms with E-state index in [0.29, 0.717) is 23.6 Å². The number of methoxy groups -OCH3 is 1. The lowest BCUT2D eigenvalue weighted by Crippen LogP contribution is -2.46. The number of pyridine rings is 1. The number of nitrogens with two attached hydrogens (primary N) is 1. The number of halogens is 1. The molecule has 0 spiro atoms. The maximum absolute atomic E-state index is 14.7. The summed E-state index contributed by atoms with van der Waals surface area (Å²) >= 11 is 0. The second-order valence-corrected chi connectivity index (χ2v) is 8.88. The zero-order chi connectivity index (χ0) is 23.2. The molecule has 0 bridgehead atoms. The summed E-state index contributed by atoms with van der Waals surface area (Å²) in [6.45, 7) is 3.07. The zero-order valence-electron chi connectivity index (χ0n) is 19.6. The fourth-order valence-electron chi connectivity index (χ4n) is 5.00. The third kappa shape index (κ3) is 5.61. The minimum atomic E-state index is -0.534. The van der Waals surface area contributed by atoms with Crippen LogP contribution in [0.4, 0.5) is 27.9 Å². The molecule has 1 aliphatic carbocycles. The average molecular weight is 459 g/mol. The molecule has 2 aromatic rings. The molecule has 0 amide bonds. The van der Waals surface area contributed by atoms with Gasteiger partial charge in [0.2, 0.25) is 23.7 Å². The van der Waals surface area contributed by atoms with Gasteiger partial charge in [0.1, 0.15) is 0 Å². The summed E-state index contributed by atoms with van der Waals surface area (Å²) < 4.78 is 19.7. The molecule has 2 fully saturated rings. The van der Waals surface area contributed by atoms with Crippen molar-refractivity contribution in [1.82, 2.24) is 25.3 Å². The fourth-order valence-corrected chi connectivity index (χ4v) is 5.00. The van der Waals surface area contributed by atoms with Crippen molar-refractivity contribution in [3.05, 3.63) is 18.1 Å². The van der Waals surface area contributed by atoms with Crippen molar-refractivity contribution in [3.8, 4) is 5.88 Å². The molecule has 180 valence electrons. The first-order valence-electron chi connectivity index (χ1n) is 12.1. The number of ether oxygens (including phenoxy) is 1. The van der Waals surface area contributed by atoms with Crippen molar-refractivity contribution in [1.29, 1.82) is 0 Å². The number of rotatable bonds is 8. The number of nitrogen functional groups attached to an aromatic ring is 1. The van der Waals surface area contributed by atoms with Gasteiger partial charge >= 0.3 is 0 Å². The summed E-state index contributed by atoms with van der Waals surface area (Å²) in [5, 5.41) is 7.04. The lowest BCUT2D eigenvalue weighted by atomic mass is 10.0. The molecule has 2 unspecified atom stereocenters. The number of hydrogen-bond donors (Lipinski definition) is 3. The molecule has 2 atom stereocenters.